The minimum atomic E-state index is -0.0393. The summed E-state index contributed by atoms with van der Waals surface area (Å²) in [7, 11) is 2.01. The summed E-state index contributed by atoms with van der Waals surface area (Å²) in [6.45, 7) is 4.29. The van der Waals surface area contributed by atoms with E-state index in [0.29, 0.717) is 6.04 Å². The summed E-state index contributed by atoms with van der Waals surface area (Å²) in [5.74, 6) is 0.997. The Hall–Kier alpha value is -0.810. The second-order valence-electron chi connectivity index (χ2n) is 4.68. The number of nitrogens with one attached hydrogen (secondary N) is 2. The monoisotopic (exact) mass is 283 g/mol. The van der Waals surface area contributed by atoms with Crippen molar-refractivity contribution in [3.8, 4) is 0 Å². The summed E-state index contributed by atoms with van der Waals surface area (Å²) in [4.78, 5) is 18.8. The minimum Gasteiger partial charge on any atom is -0.317 e. The Labute approximate surface area is 119 Å². The first-order valence-corrected chi connectivity index (χ1v) is 8.08. The van der Waals surface area contributed by atoms with E-state index in [9.17, 15) is 4.79 Å². The maximum atomic E-state index is 11.5. The maximum Gasteiger partial charge on any atom is 0.251 e. The predicted octanol–water partition coefficient (Wildman–Crippen LogP) is 2.59. The zero-order valence-corrected chi connectivity index (χ0v) is 13.0. The molecule has 0 aliphatic heterocycles. The molecule has 1 rings (SSSR count). The number of aromatic amines is 1. The normalized spacial score (nSPS) is 12.6. The van der Waals surface area contributed by atoms with Gasteiger partial charge in [0.25, 0.3) is 5.56 Å². The van der Waals surface area contributed by atoms with Gasteiger partial charge >= 0.3 is 0 Å². The SMILES string of the molecule is CCCc1cc(=O)[nH]c(SCCCC(CC)NC)n1. The van der Waals surface area contributed by atoms with Gasteiger partial charge < -0.3 is 10.3 Å². The summed E-state index contributed by atoms with van der Waals surface area (Å²) in [6.07, 6.45) is 5.34. The van der Waals surface area contributed by atoms with Crippen molar-refractivity contribution in [2.45, 2.75) is 57.1 Å². The first-order chi connectivity index (χ1) is 9.19. The van der Waals surface area contributed by atoms with Gasteiger partial charge in [-0.05, 0) is 32.7 Å². The van der Waals surface area contributed by atoms with Crippen LogP contribution in [0.2, 0.25) is 0 Å². The van der Waals surface area contributed by atoms with Crippen molar-refractivity contribution in [3.05, 3.63) is 22.1 Å². The maximum absolute atomic E-state index is 11.5. The van der Waals surface area contributed by atoms with E-state index in [-0.39, 0.29) is 5.56 Å². The lowest BCUT2D eigenvalue weighted by Crippen LogP contribution is -2.24. The van der Waals surface area contributed by atoms with E-state index >= 15 is 0 Å². The molecule has 0 aliphatic rings. The molecule has 2 N–H and O–H groups in total. The number of H-pyrrole nitrogens is 1. The molecule has 108 valence electrons. The Balaban J connectivity index is 2.42. The fourth-order valence-electron chi connectivity index (χ4n) is 1.99. The molecule has 1 aromatic rings. The van der Waals surface area contributed by atoms with Gasteiger partial charge in [0, 0.05) is 23.6 Å². The molecule has 1 atom stereocenters. The van der Waals surface area contributed by atoms with Crippen molar-refractivity contribution in [2.75, 3.05) is 12.8 Å². The summed E-state index contributed by atoms with van der Waals surface area (Å²) in [5, 5.41) is 4.06. The lowest BCUT2D eigenvalue weighted by atomic mass is 10.1. The molecule has 5 heteroatoms. The smallest absolute Gasteiger partial charge is 0.251 e. The van der Waals surface area contributed by atoms with E-state index in [1.807, 2.05) is 7.05 Å². The Bertz CT molecular complexity index is 415. The first kappa shape index (κ1) is 16.2. The second kappa shape index (κ2) is 9.15. The zero-order chi connectivity index (χ0) is 14.1. The summed E-state index contributed by atoms with van der Waals surface area (Å²) in [5.41, 5.74) is 0.859. The largest absolute Gasteiger partial charge is 0.317 e. The third-order valence-electron chi connectivity index (χ3n) is 3.12. The number of aromatic nitrogens is 2. The topological polar surface area (TPSA) is 57.8 Å². The van der Waals surface area contributed by atoms with Gasteiger partial charge in [0.1, 0.15) is 0 Å². The summed E-state index contributed by atoms with van der Waals surface area (Å²) < 4.78 is 0. The minimum absolute atomic E-state index is 0.0393. The van der Waals surface area contributed by atoms with Crippen LogP contribution in [0.5, 0.6) is 0 Å². The van der Waals surface area contributed by atoms with Crippen LogP contribution >= 0.6 is 11.8 Å². The fourth-order valence-corrected chi connectivity index (χ4v) is 2.85. The molecule has 19 heavy (non-hydrogen) atoms. The predicted molar refractivity (Wildman–Crippen MR) is 81.9 cm³/mol. The fraction of sp³-hybridized carbons (Fsp3) is 0.714. The van der Waals surface area contributed by atoms with E-state index in [2.05, 4.69) is 29.1 Å². The number of thioether (sulfide) groups is 1. The molecule has 0 fully saturated rings. The molecule has 4 nitrogen and oxygen atoms in total. The molecule has 0 aromatic carbocycles. The van der Waals surface area contributed by atoms with Crippen molar-refractivity contribution in [2.24, 2.45) is 0 Å². The molecule has 1 aromatic heterocycles. The zero-order valence-electron chi connectivity index (χ0n) is 12.2. The molecule has 0 saturated heterocycles. The number of hydrogen-bond acceptors (Lipinski definition) is 4. The van der Waals surface area contributed by atoms with E-state index in [0.717, 1.165) is 42.3 Å². The summed E-state index contributed by atoms with van der Waals surface area (Å²) >= 11 is 1.64. The van der Waals surface area contributed by atoms with Crippen LogP contribution in [0.3, 0.4) is 0 Å². The van der Waals surface area contributed by atoms with Gasteiger partial charge in [-0.3, -0.25) is 4.79 Å². The van der Waals surface area contributed by atoms with Gasteiger partial charge in [0.15, 0.2) is 5.16 Å². The van der Waals surface area contributed by atoms with Gasteiger partial charge in [0.05, 0.1) is 0 Å². The highest BCUT2D eigenvalue weighted by atomic mass is 32.2. The first-order valence-electron chi connectivity index (χ1n) is 7.09. The highest BCUT2D eigenvalue weighted by Gasteiger charge is 2.04. The molecule has 0 aliphatic carbocycles. The Morgan fingerprint density at radius 2 is 2.26 bits per heavy atom. The van der Waals surface area contributed by atoms with Crippen LogP contribution in [0, 0.1) is 0 Å². The molecule has 0 amide bonds. The van der Waals surface area contributed by atoms with E-state index < -0.39 is 0 Å². The van der Waals surface area contributed by atoms with Gasteiger partial charge in [-0.15, -0.1) is 0 Å². The number of aryl methyl sites for hydroxylation is 1. The molecule has 0 saturated carbocycles. The van der Waals surface area contributed by atoms with Crippen LogP contribution < -0.4 is 10.9 Å². The Morgan fingerprint density at radius 3 is 2.89 bits per heavy atom. The lowest BCUT2D eigenvalue weighted by molar-refractivity contribution is 0.504. The van der Waals surface area contributed by atoms with Crippen molar-refractivity contribution >= 4 is 11.8 Å². The van der Waals surface area contributed by atoms with E-state index in [1.54, 1.807) is 17.8 Å². The molecular weight excluding hydrogens is 258 g/mol. The van der Waals surface area contributed by atoms with Crippen LogP contribution in [0.4, 0.5) is 0 Å². The molecule has 0 radical (unpaired) electrons. The average Bonchev–Trinajstić information content (AvgIpc) is 2.39. The van der Waals surface area contributed by atoms with Crippen LogP contribution in [0.1, 0.15) is 45.2 Å². The third kappa shape index (κ3) is 6.25. The van der Waals surface area contributed by atoms with Crippen molar-refractivity contribution in [3.63, 3.8) is 0 Å². The lowest BCUT2D eigenvalue weighted by Gasteiger charge is -2.12. The quantitative estimate of drug-likeness (QED) is 0.415. The van der Waals surface area contributed by atoms with Crippen molar-refractivity contribution in [1.82, 2.24) is 15.3 Å². The molecule has 0 spiro atoms. The van der Waals surface area contributed by atoms with Crippen LogP contribution in [0.15, 0.2) is 16.0 Å². The van der Waals surface area contributed by atoms with Crippen molar-refractivity contribution < 1.29 is 0 Å². The summed E-state index contributed by atoms with van der Waals surface area (Å²) in [6, 6.07) is 2.20. The van der Waals surface area contributed by atoms with Crippen LogP contribution in [0.25, 0.3) is 0 Å². The standard InChI is InChI=1S/C14H25N3OS/c1-4-7-12-10-13(18)17-14(16-12)19-9-6-8-11(5-2)15-3/h10-11,15H,4-9H2,1-3H3,(H,16,17,18). The van der Waals surface area contributed by atoms with E-state index in [4.69, 9.17) is 0 Å². The van der Waals surface area contributed by atoms with E-state index in [1.165, 1.54) is 6.42 Å². The molecular formula is C14H25N3OS. The highest BCUT2D eigenvalue weighted by Crippen LogP contribution is 2.15. The Morgan fingerprint density at radius 1 is 1.47 bits per heavy atom. The number of nitrogens with zero attached hydrogens (tertiary/aromatic N) is 1. The van der Waals surface area contributed by atoms with Crippen LogP contribution in [-0.2, 0) is 6.42 Å². The van der Waals surface area contributed by atoms with Crippen LogP contribution in [-0.4, -0.2) is 28.8 Å². The molecule has 1 heterocycles. The third-order valence-corrected chi connectivity index (χ3v) is 4.08. The van der Waals surface area contributed by atoms with Gasteiger partial charge in [0.2, 0.25) is 0 Å². The number of hydrogen-bond donors (Lipinski definition) is 2. The molecule has 1 unspecified atom stereocenters. The second-order valence-corrected chi connectivity index (χ2v) is 5.76. The van der Waals surface area contributed by atoms with Crippen molar-refractivity contribution in [1.29, 1.82) is 0 Å². The molecule has 0 bridgehead atoms. The van der Waals surface area contributed by atoms with Gasteiger partial charge in [-0.1, -0.05) is 32.0 Å². The van der Waals surface area contributed by atoms with Gasteiger partial charge in [-0.25, -0.2) is 4.98 Å². The Kier molecular flexibility index (Phi) is 7.82. The highest BCUT2D eigenvalue weighted by molar-refractivity contribution is 7.99. The number of rotatable bonds is 9. The average molecular weight is 283 g/mol. The van der Waals surface area contributed by atoms with Gasteiger partial charge in [-0.2, -0.15) is 0 Å².